The van der Waals surface area contributed by atoms with Crippen LogP contribution in [0.1, 0.15) is 106 Å². The molecule has 0 aromatic carbocycles. The largest absolute Gasteiger partial charge is 0.393 e. The zero-order valence-electron chi connectivity index (χ0n) is 22.2. The lowest BCUT2D eigenvalue weighted by molar-refractivity contribution is -0.206. The molecule has 3 heteroatoms. The topological polar surface area (TPSA) is 57.5 Å². The van der Waals surface area contributed by atoms with E-state index in [4.69, 9.17) is 0 Å². The van der Waals surface area contributed by atoms with Gasteiger partial charge in [-0.2, -0.15) is 0 Å². The van der Waals surface area contributed by atoms with Crippen molar-refractivity contribution in [3.63, 3.8) is 0 Å². The van der Waals surface area contributed by atoms with Gasteiger partial charge in [0.05, 0.1) is 17.6 Å². The summed E-state index contributed by atoms with van der Waals surface area (Å²) in [6.45, 7) is 16.7. The molecule has 4 fully saturated rings. The van der Waals surface area contributed by atoms with Gasteiger partial charge in [-0.15, -0.1) is 0 Å². The molecule has 0 bridgehead atoms. The molecule has 2 N–H and O–H groups in total. The first-order valence-corrected chi connectivity index (χ1v) is 13.7. The van der Waals surface area contributed by atoms with E-state index in [0.717, 1.165) is 57.7 Å². The summed E-state index contributed by atoms with van der Waals surface area (Å²) in [5.41, 5.74) is 1.63. The Morgan fingerprint density at radius 3 is 2.18 bits per heavy atom. The number of hydrogen-bond acceptors (Lipinski definition) is 3. The van der Waals surface area contributed by atoms with E-state index < -0.39 is 11.5 Å². The van der Waals surface area contributed by atoms with Gasteiger partial charge in [-0.3, -0.25) is 0 Å². The number of aliphatic hydroxyl groups excluding tert-OH is 2. The lowest BCUT2D eigenvalue weighted by atomic mass is 9.33. The molecule has 0 aromatic heterocycles. The Kier molecular flexibility index (Phi) is 5.07. The van der Waals surface area contributed by atoms with E-state index in [1.54, 1.807) is 5.57 Å². The molecule has 0 radical (unpaired) electrons. The quantitative estimate of drug-likeness (QED) is 0.359. The summed E-state index contributed by atoms with van der Waals surface area (Å²) in [6.07, 6.45) is 12.3. The molecule has 0 amide bonds. The molecule has 3 nitrogen and oxygen atoms in total. The third-order valence-corrected chi connectivity index (χ3v) is 13.1. The second-order valence-electron chi connectivity index (χ2n) is 15.0. The van der Waals surface area contributed by atoms with E-state index >= 15 is 0 Å². The van der Waals surface area contributed by atoms with Crippen LogP contribution in [-0.2, 0) is 4.79 Å². The summed E-state index contributed by atoms with van der Waals surface area (Å²) in [5, 5.41) is 22.1. The van der Waals surface area contributed by atoms with Crippen LogP contribution in [0.2, 0.25) is 0 Å². The van der Waals surface area contributed by atoms with Crippen LogP contribution in [0.3, 0.4) is 0 Å². The minimum atomic E-state index is -0.623. The van der Waals surface area contributed by atoms with Gasteiger partial charge in [0.1, 0.15) is 6.29 Å². The molecule has 1 unspecified atom stereocenters. The van der Waals surface area contributed by atoms with Crippen molar-refractivity contribution in [2.75, 3.05) is 0 Å². The van der Waals surface area contributed by atoms with Crippen LogP contribution < -0.4 is 0 Å². The van der Waals surface area contributed by atoms with E-state index in [0.29, 0.717) is 11.8 Å². The summed E-state index contributed by atoms with van der Waals surface area (Å²) in [5.74, 6) is 1.26. The van der Waals surface area contributed by atoms with Crippen molar-refractivity contribution < 1.29 is 15.0 Å². The first-order valence-electron chi connectivity index (χ1n) is 13.7. The number of rotatable bonds is 1. The van der Waals surface area contributed by atoms with Gasteiger partial charge in [-0.1, -0.05) is 60.1 Å². The first kappa shape index (κ1) is 24.0. The molecule has 5 aliphatic carbocycles. The Morgan fingerprint density at radius 2 is 1.52 bits per heavy atom. The Labute approximate surface area is 201 Å². The van der Waals surface area contributed by atoms with Crippen molar-refractivity contribution in [1.82, 2.24) is 0 Å². The van der Waals surface area contributed by atoms with Crippen molar-refractivity contribution in [3.8, 4) is 0 Å². The number of aldehydes is 1. The van der Waals surface area contributed by atoms with Crippen molar-refractivity contribution in [2.45, 2.75) is 118 Å². The Hall–Kier alpha value is -0.670. The molecule has 0 saturated heterocycles. The molecule has 0 aromatic rings. The van der Waals surface area contributed by atoms with Crippen LogP contribution in [0.4, 0.5) is 0 Å². The number of carbonyl (C=O) groups is 1. The smallest absolute Gasteiger partial charge is 0.128 e. The summed E-state index contributed by atoms with van der Waals surface area (Å²) in [4.78, 5) is 12.3. The fourth-order valence-corrected chi connectivity index (χ4v) is 10.6. The average molecular weight is 457 g/mol. The van der Waals surface area contributed by atoms with E-state index in [1.807, 2.05) is 6.92 Å². The summed E-state index contributed by atoms with van der Waals surface area (Å²) < 4.78 is 0. The molecule has 0 spiro atoms. The highest BCUT2D eigenvalue weighted by Gasteiger charge is 2.69. The van der Waals surface area contributed by atoms with Gasteiger partial charge in [0, 0.05) is 5.41 Å². The minimum Gasteiger partial charge on any atom is -0.393 e. The van der Waals surface area contributed by atoms with Crippen molar-refractivity contribution in [3.05, 3.63) is 11.6 Å². The predicted molar refractivity (Wildman–Crippen MR) is 132 cm³/mol. The van der Waals surface area contributed by atoms with Crippen LogP contribution in [0.25, 0.3) is 0 Å². The number of aliphatic hydroxyl groups is 2. The van der Waals surface area contributed by atoms with E-state index in [-0.39, 0.29) is 39.1 Å². The van der Waals surface area contributed by atoms with Gasteiger partial charge in [-0.25, -0.2) is 0 Å². The van der Waals surface area contributed by atoms with E-state index in [1.165, 1.54) is 6.42 Å². The zero-order chi connectivity index (χ0) is 24.2. The number of carbonyl (C=O) groups excluding carboxylic acids is 1. The van der Waals surface area contributed by atoms with E-state index in [9.17, 15) is 15.0 Å². The highest BCUT2D eigenvalue weighted by Crippen LogP contribution is 2.75. The Bertz CT molecular complexity index is 876. The summed E-state index contributed by atoms with van der Waals surface area (Å²) >= 11 is 0. The molecule has 5 rings (SSSR count). The predicted octanol–water partition coefficient (Wildman–Crippen LogP) is 6.32. The monoisotopic (exact) mass is 456 g/mol. The lowest BCUT2D eigenvalue weighted by Gasteiger charge is -2.71. The SMILES string of the molecule is CC1(C)C[C@@H](O)[C@]2(C)CC[C@]3(C)C(=CCC4[C@@]5(C)CC[C@H](O)[C@](C)(C=O)[C@@H]5CC[C@]43C)[C@@H]2C1. The van der Waals surface area contributed by atoms with Crippen LogP contribution in [-0.4, -0.2) is 28.7 Å². The highest BCUT2D eigenvalue weighted by molar-refractivity contribution is 5.61. The van der Waals surface area contributed by atoms with Crippen LogP contribution in [0.5, 0.6) is 0 Å². The Balaban J connectivity index is 1.59. The second-order valence-corrected chi connectivity index (χ2v) is 15.0. The van der Waals surface area contributed by atoms with Gasteiger partial charge in [0.25, 0.3) is 0 Å². The normalized spacial score (nSPS) is 57.6. The first-order chi connectivity index (χ1) is 15.2. The van der Waals surface area contributed by atoms with Crippen molar-refractivity contribution in [1.29, 1.82) is 0 Å². The fraction of sp³-hybridized carbons (Fsp3) is 0.900. The van der Waals surface area contributed by atoms with E-state index in [2.05, 4.69) is 47.6 Å². The maximum atomic E-state index is 12.3. The molecule has 4 saturated carbocycles. The molecule has 10 atom stereocenters. The third kappa shape index (κ3) is 2.85. The van der Waals surface area contributed by atoms with Crippen molar-refractivity contribution in [2.24, 2.45) is 50.2 Å². The molecule has 5 aliphatic rings. The van der Waals surface area contributed by atoms with Gasteiger partial charge >= 0.3 is 0 Å². The number of allylic oxidation sites excluding steroid dienone is 2. The number of hydrogen-bond donors (Lipinski definition) is 2. The highest BCUT2D eigenvalue weighted by atomic mass is 16.3. The van der Waals surface area contributed by atoms with Gasteiger partial charge in [0.2, 0.25) is 0 Å². The Morgan fingerprint density at radius 1 is 0.818 bits per heavy atom. The molecular weight excluding hydrogens is 408 g/mol. The molecule has 186 valence electrons. The van der Waals surface area contributed by atoms with Crippen LogP contribution in [0.15, 0.2) is 11.6 Å². The van der Waals surface area contributed by atoms with Crippen LogP contribution in [0, 0.1) is 50.2 Å². The van der Waals surface area contributed by atoms with Gasteiger partial charge < -0.3 is 15.0 Å². The maximum Gasteiger partial charge on any atom is 0.128 e. The molecular formula is C30H48O3. The maximum absolute atomic E-state index is 12.3. The fourth-order valence-electron chi connectivity index (χ4n) is 10.6. The number of fused-ring (bicyclic) bond motifs is 7. The molecule has 0 aliphatic heterocycles. The van der Waals surface area contributed by atoms with Gasteiger partial charge in [0.15, 0.2) is 0 Å². The second kappa shape index (κ2) is 6.96. The molecule has 33 heavy (non-hydrogen) atoms. The standard InChI is InChI=1S/C30H48O3/c1-25(2)16-20-19-8-9-22-27(4)12-11-23(32)28(5,18-31)21(27)10-13-30(22,7)29(19,6)15-14-26(20,3)24(33)17-25/h8,18,20-24,32-33H,9-17H2,1-7H3/t20-,21+,22?,23-,24+,26+,27-,28+,29+,30+/m0/s1. The third-order valence-electron chi connectivity index (χ3n) is 13.1. The van der Waals surface area contributed by atoms with Crippen LogP contribution >= 0.6 is 0 Å². The lowest BCUT2D eigenvalue weighted by Crippen LogP contribution is -2.65. The minimum absolute atomic E-state index is 0.00377. The molecule has 0 heterocycles. The summed E-state index contributed by atoms with van der Waals surface area (Å²) in [6, 6.07) is 0. The average Bonchev–Trinajstić information content (AvgIpc) is 2.73. The summed E-state index contributed by atoms with van der Waals surface area (Å²) in [7, 11) is 0. The zero-order valence-corrected chi connectivity index (χ0v) is 22.2. The van der Waals surface area contributed by atoms with Crippen molar-refractivity contribution >= 4 is 6.29 Å². The van der Waals surface area contributed by atoms with Gasteiger partial charge in [-0.05, 0) is 97.2 Å².